The molecule has 1 aromatic carbocycles. The molecule has 1 heterocycles. The molecule has 0 fully saturated rings. The van der Waals surface area contributed by atoms with Gasteiger partial charge in [0.15, 0.2) is 11.5 Å². The zero-order valence-electron chi connectivity index (χ0n) is 17.2. The van der Waals surface area contributed by atoms with E-state index in [1.165, 1.54) is 0 Å². The van der Waals surface area contributed by atoms with Gasteiger partial charge in [0.1, 0.15) is 6.61 Å². The van der Waals surface area contributed by atoms with Crippen LogP contribution in [0.2, 0.25) is 0 Å². The molecule has 2 rings (SSSR count). The number of nitrogens with zero attached hydrogens (tertiary/aromatic N) is 1. The monoisotopic (exact) mass is 385 g/mol. The van der Waals surface area contributed by atoms with Crippen LogP contribution in [0.4, 0.5) is 0 Å². The molecule has 0 saturated heterocycles. The zero-order chi connectivity index (χ0) is 20.6. The van der Waals surface area contributed by atoms with Crippen molar-refractivity contribution in [2.45, 2.75) is 46.3 Å². The lowest BCUT2D eigenvalue weighted by Gasteiger charge is -2.31. The van der Waals surface area contributed by atoms with Gasteiger partial charge in [-0.05, 0) is 50.5 Å². The molecule has 2 aromatic rings. The molecule has 1 aromatic heterocycles. The molecule has 0 saturated carbocycles. The quantitative estimate of drug-likeness (QED) is 0.653. The van der Waals surface area contributed by atoms with E-state index in [2.05, 4.69) is 24.1 Å². The number of hydrogen-bond donors (Lipinski definition) is 2. The molecular weight excluding hydrogens is 354 g/mol. The van der Waals surface area contributed by atoms with Gasteiger partial charge in [-0.3, -0.25) is 9.78 Å². The lowest BCUT2D eigenvalue weighted by atomic mass is 9.90. The Morgan fingerprint density at radius 3 is 2.64 bits per heavy atom. The minimum Gasteiger partial charge on any atom is -0.490 e. The van der Waals surface area contributed by atoms with Crippen molar-refractivity contribution >= 4 is 5.91 Å². The zero-order valence-corrected chi connectivity index (χ0v) is 17.2. The maximum Gasteiger partial charge on any atom is 0.251 e. The molecule has 0 aliphatic carbocycles. The summed E-state index contributed by atoms with van der Waals surface area (Å²) in [5.74, 6) is 1.38. The standard InChI is InChI=1S/C22H31N3O3/c1-5-27-20-11-18(21(26)25-22(4,15-23)12-16(2)3)8-9-19(20)28-14-17-7-6-10-24-13-17/h6-11,13,16H,5,12,14-15,23H2,1-4H3,(H,25,26). The maximum atomic E-state index is 12.8. The topological polar surface area (TPSA) is 86.5 Å². The fourth-order valence-corrected chi connectivity index (χ4v) is 3.11. The van der Waals surface area contributed by atoms with Gasteiger partial charge in [0.2, 0.25) is 0 Å². The summed E-state index contributed by atoms with van der Waals surface area (Å²) < 4.78 is 11.6. The van der Waals surface area contributed by atoms with Gasteiger partial charge in [0, 0.05) is 35.6 Å². The van der Waals surface area contributed by atoms with Crippen LogP contribution >= 0.6 is 0 Å². The third kappa shape index (κ3) is 6.23. The third-order valence-corrected chi connectivity index (χ3v) is 4.35. The molecule has 1 atom stereocenters. The van der Waals surface area contributed by atoms with E-state index < -0.39 is 5.54 Å². The second kappa shape index (κ2) is 10.1. The van der Waals surface area contributed by atoms with E-state index in [0.717, 1.165) is 12.0 Å². The number of ether oxygens (including phenoxy) is 2. The van der Waals surface area contributed by atoms with Gasteiger partial charge in [0.25, 0.3) is 5.91 Å². The van der Waals surface area contributed by atoms with Crippen molar-refractivity contribution in [3.63, 3.8) is 0 Å². The minimum atomic E-state index is -0.452. The van der Waals surface area contributed by atoms with Crippen molar-refractivity contribution in [3.8, 4) is 11.5 Å². The number of pyridine rings is 1. The number of carbonyl (C=O) groups is 1. The number of nitrogens with two attached hydrogens (primary N) is 1. The van der Waals surface area contributed by atoms with Crippen LogP contribution < -0.4 is 20.5 Å². The number of nitrogens with one attached hydrogen (secondary N) is 1. The maximum absolute atomic E-state index is 12.8. The van der Waals surface area contributed by atoms with E-state index in [-0.39, 0.29) is 5.91 Å². The smallest absolute Gasteiger partial charge is 0.251 e. The first-order chi connectivity index (χ1) is 13.4. The fraction of sp³-hybridized carbons (Fsp3) is 0.455. The first-order valence-corrected chi connectivity index (χ1v) is 9.68. The van der Waals surface area contributed by atoms with Gasteiger partial charge in [-0.15, -0.1) is 0 Å². The van der Waals surface area contributed by atoms with Crippen LogP contribution in [0, 0.1) is 5.92 Å². The second-order valence-electron chi connectivity index (χ2n) is 7.56. The highest BCUT2D eigenvalue weighted by molar-refractivity contribution is 5.95. The average Bonchev–Trinajstić information content (AvgIpc) is 2.67. The Morgan fingerprint density at radius 1 is 1.25 bits per heavy atom. The van der Waals surface area contributed by atoms with Crippen molar-refractivity contribution in [1.82, 2.24) is 10.3 Å². The first kappa shape index (κ1) is 21.7. The molecule has 3 N–H and O–H groups in total. The summed E-state index contributed by atoms with van der Waals surface area (Å²) in [6, 6.07) is 9.02. The number of aromatic nitrogens is 1. The predicted molar refractivity (Wildman–Crippen MR) is 111 cm³/mol. The van der Waals surface area contributed by atoms with Crippen LogP contribution in [0.3, 0.4) is 0 Å². The summed E-state index contributed by atoms with van der Waals surface area (Å²) in [7, 11) is 0. The van der Waals surface area contributed by atoms with Gasteiger partial charge in [-0.25, -0.2) is 0 Å². The number of benzene rings is 1. The Kier molecular flexibility index (Phi) is 7.81. The Bertz CT molecular complexity index is 765. The van der Waals surface area contributed by atoms with E-state index in [0.29, 0.717) is 42.7 Å². The summed E-state index contributed by atoms with van der Waals surface area (Å²) in [4.78, 5) is 16.9. The minimum absolute atomic E-state index is 0.173. The van der Waals surface area contributed by atoms with Crippen LogP contribution in [0.15, 0.2) is 42.7 Å². The number of amides is 1. The highest BCUT2D eigenvalue weighted by Crippen LogP contribution is 2.29. The molecule has 1 unspecified atom stereocenters. The lowest BCUT2D eigenvalue weighted by molar-refractivity contribution is 0.0897. The van der Waals surface area contributed by atoms with Gasteiger partial charge < -0.3 is 20.5 Å². The third-order valence-electron chi connectivity index (χ3n) is 4.35. The fourth-order valence-electron chi connectivity index (χ4n) is 3.11. The van der Waals surface area contributed by atoms with Crippen molar-refractivity contribution in [2.75, 3.05) is 13.2 Å². The SMILES string of the molecule is CCOc1cc(C(=O)NC(C)(CN)CC(C)C)ccc1OCc1cccnc1. The van der Waals surface area contributed by atoms with E-state index in [9.17, 15) is 4.79 Å². The van der Waals surface area contributed by atoms with Crippen LogP contribution in [0.5, 0.6) is 11.5 Å². The van der Waals surface area contributed by atoms with Crippen LogP contribution in [0.1, 0.15) is 50.0 Å². The molecule has 0 aliphatic rings. The second-order valence-corrected chi connectivity index (χ2v) is 7.56. The molecule has 0 bridgehead atoms. The van der Waals surface area contributed by atoms with E-state index in [1.807, 2.05) is 26.0 Å². The van der Waals surface area contributed by atoms with E-state index in [4.69, 9.17) is 15.2 Å². The van der Waals surface area contributed by atoms with Crippen molar-refractivity contribution in [1.29, 1.82) is 0 Å². The molecule has 0 radical (unpaired) electrons. The van der Waals surface area contributed by atoms with E-state index >= 15 is 0 Å². The highest BCUT2D eigenvalue weighted by Gasteiger charge is 2.26. The van der Waals surface area contributed by atoms with Gasteiger partial charge in [-0.1, -0.05) is 19.9 Å². The lowest BCUT2D eigenvalue weighted by Crippen LogP contribution is -2.52. The van der Waals surface area contributed by atoms with Gasteiger partial charge in [0.05, 0.1) is 6.61 Å². The first-order valence-electron chi connectivity index (χ1n) is 9.68. The molecule has 6 nitrogen and oxygen atoms in total. The molecule has 6 heteroatoms. The summed E-state index contributed by atoms with van der Waals surface area (Å²) >= 11 is 0. The van der Waals surface area contributed by atoms with Crippen molar-refractivity contribution < 1.29 is 14.3 Å². The van der Waals surface area contributed by atoms with Gasteiger partial charge in [-0.2, -0.15) is 0 Å². The Hall–Kier alpha value is -2.60. The normalized spacial score (nSPS) is 13.1. The molecule has 28 heavy (non-hydrogen) atoms. The Morgan fingerprint density at radius 2 is 2.04 bits per heavy atom. The average molecular weight is 386 g/mol. The van der Waals surface area contributed by atoms with Crippen molar-refractivity contribution in [3.05, 3.63) is 53.9 Å². The summed E-state index contributed by atoms with van der Waals surface area (Å²) in [5, 5.41) is 3.07. The molecule has 0 aliphatic heterocycles. The van der Waals surface area contributed by atoms with Gasteiger partial charge >= 0.3 is 0 Å². The Balaban J connectivity index is 2.15. The highest BCUT2D eigenvalue weighted by atomic mass is 16.5. The summed E-state index contributed by atoms with van der Waals surface area (Å²) in [6.07, 6.45) is 4.28. The molecule has 152 valence electrons. The molecule has 1 amide bonds. The summed E-state index contributed by atoms with van der Waals surface area (Å²) in [5.41, 5.74) is 6.93. The molecular formula is C22H31N3O3. The molecule has 0 spiro atoms. The van der Waals surface area contributed by atoms with Crippen LogP contribution in [-0.2, 0) is 6.61 Å². The summed E-state index contributed by atoms with van der Waals surface area (Å²) in [6.45, 7) is 9.32. The van der Waals surface area contributed by atoms with Crippen molar-refractivity contribution in [2.24, 2.45) is 11.7 Å². The number of carbonyl (C=O) groups excluding carboxylic acids is 1. The largest absolute Gasteiger partial charge is 0.490 e. The number of hydrogen-bond acceptors (Lipinski definition) is 5. The Labute approximate surface area is 167 Å². The van der Waals surface area contributed by atoms with Crippen LogP contribution in [0.25, 0.3) is 0 Å². The van der Waals surface area contributed by atoms with E-state index in [1.54, 1.807) is 30.6 Å². The van der Waals surface area contributed by atoms with Crippen LogP contribution in [-0.4, -0.2) is 29.6 Å². The predicted octanol–water partition coefficient (Wildman–Crippen LogP) is 3.55. The number of rotatable bonds is 10.